The summed E-state index contributed by atoms with van der Waals surface area (Å²) >= 11 is 0. The number of hydrogen-bond acceptors (Lipinski definition) is 6. The van der Waals surface area contributed by atoms with Crippen molar-refractivity contribution in [1.82, 2.24) is 13.5 Å². The molecule has 0 spiro atoms. The lowest BCUT2D eigenvalue weighted by atomic mass is 10.1. The van der Waals surface area contributed by atoms with Gasteiger partial charge in [-0.2, -0.15) is 5.26 Å². The summed E-state index contributed by atoms with van der Waals surface area (Å²) in [4.78, 5) is 6.88. The Morgan fingerprint density at radius 2 is 1.82 bits per heavy atom. The zero-order chi connectivity index (χ0) is 23.2. The van der Waals surface area contributed by atoms with Gasteiger partial charge in [0.1, 0.15) is 11.8 Å². The maximum Gasteiger partial charge on any atom is 0.269 e. The molecule has 8 nitrogen and oxygen atoms in total. The Hall–Kier alpha value is -3.61. The van der Waals surface area contributed by atoms with Crippen molar-refractivity contribution in [1.29, 1.82) is 5.26 Å². The minimum absolute atomic E-state index is 0.195. The third-order valence-electron chi connectivity index (χ3n) is 5.99. The maximum atomic E-state index is 13.7. The van der Waals surface area contributed by atoms with Gasteiger partial charge in [0.25, 0.3) is 10.0 Å². The summed E-state index contributed by atoms with van der Waals surface area (Å²) < 4.78 is 35.8. The molecule has 0 saturated carbocycles. The van der Waals surface area contributed by atoms with E-state index in [9.17, 15) is 13.7 Å². The van der Waals surface area contributed by atoms with Crippen molar-refractivity contribution in [2.75, 3.05) is 31.2 Å². The Kier molecular flexibility index (Phi) is 5.19. The molecule has 1 fully saturated rings. The summed E-state index contributed by atoms with van der Waals surface area (Å²) in [5, 5.41) is 10.2. The lowest BCUT2D eigenvalue weighted by molar-refractivity contribution is 0.123. The highest BCUT2D eigenvalue weighted by Gasteiger charge is 2.26. The van der Waals surface area contributed by atoms with Crippen LogP contribution in [-0.2, 0) is 21.8 Å². The summed E-state index contributed by atoms with van der Waals surface area (Å²) in [6.07, 6.45) is 5.10. The largest absolute Gasteiger partial charge is 0.378 e. The Bertz CT molecular complexity index is 1490. The highest BCUT2D eigenvalue weighted by Crippen LogP contribution is 2.38. The van der Waals surface area contributed by atoms with E-state index in [1.54, 1.807) is 54.3 Å². The molecule has 3 aromatic heterocycles. The van der Waals surface area contributed by atoms with Crippen LogP contribution in [0.5, 0.6) is 0 Å². The van der Waals surface area contributed by atoms with Crippen molar-refractivity contribution in [3.8, 4) is 17.2 Å². The number of morpholine rings is 1. The molecule has 0 unspecified atom stereocenters. The fourth-order valence-electron chi connectivity index (χ4n) is 4.23. The van der Waals surface area contributed by atoms with E-state index < -0.39 is 10.0 Å². The first-order valence-electron chi connectivity index (χ1n) is 10.6. The van der Waals surface area contributed by atoms with Crippen molar-refractivity contribution in [2.45, 2.75) is 11.8 Å². The molecule has 168 valence electrons. The summed E-state index contributed by atoms with van der Waals surface area (Å²) in [5.41, 5.74) is 4.21. The Morgan fingerprint density at radius 3 is 2.48 bits per heavy atom. The quantitative estimate of drug-likeness (QED) is 0.463. The van der Waals surface area contributed by atoms with Gasteiger partial charge in [0.05, 0.1) is 29.2 Å². The van der Waals surface area contributed by atoms with Crippen LogP contribution in [0.3, 0.4) is 0 Å². The molecule has 1 aromatic carbocycles. The summed E-state index contributed by atoms with van der Waals surface area (Å²) in [7, 11) is -2.09. The number of aryl methyl sites for hydroxylation is 2. The predicted molar refractivity (Wildman–Crippen MR) is 126 cm³/mol. The van der Waals surface area contributed by atoms with Crippen molar-refractivity contribution >= 4 is 26.7 Å². The monoisotopic (exact) mass is 461 g/mol. The fourth-order valence-corrected chi connectivity index (χ4v) is 5.54. The summed E-state index contributed by atoms with van der Waals surface area (Å²) in [6, 6.07) is 12.6. The van der Waals surface area contributed by atoms with E-state index in [1.165, 1.54) is 3.97 Å². The molecule has 1 aliphatic rings. The molecule has 4 aromatic rings. The number of nitriles is 1. The number of fused-ring (bicyclic) bond motifs is 1. The number of rotatable bonds is 4. The zero-order valence-electron chi connectivity index (χ0n) is 18.4. The number of hydrogen-bond donors (Lipinski definition) is 0. The Labute approximate surface area is 192 Å². The molecule has 0 N–H and O–H groups in total. The number of pyridine rings is 1. The van der Waals surface area contributed by atoms with Gasteiger partial charge in [-0.15, -0.1) is 0 Å². The van der Waals surface area contributed by atoms with Crippen LogP contribution in [0.1, 0.15) is 11.3 Å². The van der Waals surface area contributed by atoms with Crippen LogP contribution in [0.25, 0.3) is 22.2 Å². The molecular weight excluding hydrogens is 438 g/mol. The van der Waals surface area contributed by atoms with Gasteiger partial charge in [-0.25, -0.2) is 17.4 Å². The van der Waals surface area contributed by atoms with E-state index in [1.807, 2.05) is 19.2 Å². The van der Waals surface area contributed by atoms with Crippen LogP contribution in [0, 0.1) is 18.3 Å². The zero-order valence-corrected chi connectivity index (χ0v) is 19.2. The van der Waals surface area contributed by atoms with Crippen molar-refractivity contribution in [2.24, 2.45) is 7.05 Å². The lowest BCUT2D eigenvalue weighted by Crippen LogP contribution is -2.36. The molecule has 0 atom stereocenters. The SMILES string of the molecule is Cc1ccc(S(=O)(=O)n2cc(-c3cc(C#N)n(C)c3)c3c(N4CCOCC4)ccnc32)cc1. The molecular formula is C24H23N5O3S. The molecule has 1 saturated heterocycles. The number of ether oxygens (including phenoxy) is 1. The molecule has 33 heavy (non-hydrogen) atoms. The van der Waals surface area contributed by atoms with Gasteiger partial charge in [0, 0.05) is 49.9 Å². The molecule has 0 aliphatic carbocycles. The van der Waals surface area contributed by atoms with Gasteiger partial charge in [-0.05, 0) is 31.2 Å². The van der Waals surface area contributed by atoms with Gasteiger partial charge in [0.2, 0.25) is 0 Å². The molecule has 9 heteroatoms. The smallest absolute Gasteiger partial charge is 0.269 e. The standard InChI is InChI=1S/C24H23N5O3S/c1-17-3-5-20(6-4-17)33(30,31)29-16-21(18-13-19(14-25)27(2)15-18)23-22(7-8-26-24(23)29)28-9-11-32-12-10-28/h3-8,13,15-16H,9-12H2,1-2H3. The maximum absolute atomic E-state index is 13.7. The molecule has 0 amide bonds. The topological polar surface area (TPSA) is 93.1 Å². The second kappa shape index (κ2) is 8.06. The van der Waals surface area contributed by atoms with E-state index in [0.29, 0.717) is 43.2 Å². The Balaban J connectivity index is 1.79. The van der Waals surface area contributed by atoms with E-state index >= 15 is 0 Å². The van der Waals surface area contributed by atoms with Crippen molar-refractivity contribution in [3.05, 3.63) is 66.2 Å². The van der Waals surface area contributed by atoms with E-state index in [2.05, 4.69) is 16.0 Å². The van der Waals surface area contributed by atoms with Gasteiger partial charge in [-0.1, -0.05) is 17.7 Å². The normalized spacial score (nSPS) is 14.5. The first-order chi connectivity index (χ1) is 15.9. The van der Waals surface area contributed by atoms with Gasteiger partial charge >= 0.3 is 0 Å². The molecule has 0 radical (unpaired) electrons. The lowest BCUT2D eigenvalue weighted by Gasteiger charge is -2.29. The van der Waals surface area contributed by atoms with E-state index in [0.717, 1.165) is 22.2 Å². The Morgan fingerprint density at radius 1 is 1.09 bits per heavy atom. The van der Waals surface area contributed by atoms with Crippen molar-refractivity contribution < 1.29 is 13.2 Å². The molecule has 4 heterocycles. The average Bonchev–Trinajstić information content (AvgIpc) is 3.40. The van der Waals surface area contributed by atoms with Gasteiger partial charge in [-0.3, -0.25) is 0 Å². The highest BCUT2D eigenvalue weighted by atomic mass is 32.2. The van der Waals surface area contributed by atoms with Crippen LogP contribution in [0.4, 0.5) is 5.69 Å². The minimum atomic E-state index is -3.89. The number of anilines is 1. The third kappa shape index (κ3) is 3.57. The summed E-state index contributed by atoms with van der Waals surface area (Å²) in [5.74, 6) is 0. The first kappa shape index (κ1) is 21.2. The fraction of sp³-hybridized carbons (Fsp3) is 0.250. The number of aromatic nitrogens is 3. The van der Waals surface area contributed by atoms with Crippen molar-refractivity contribution in [3.63, 3.8) is 0 Å². The molecule has 5 rings (SSSR count). The highest BCUT2D eigenvalue weighted by molar-refractivity contribution is 7.90. The van der Waals surface area contributed by atoms with Gasteiger partial charge < -0.3 is 14.2 Å². The van der Waals surface area contributed by atoms with Crippen LogP contribution in [0.15, 0.2) is 59.9 Å². The predicted octanol–water partition coefficient (Wildman–Crippen LogP) is 3.30. The molecule has 0 bridgehead atoms. The minimum Gasteiger partial charge on any atom is -0.378 e. The molecule has 1 aliphatic heterocycles. The first-order valence-corrected chi connectivity index (χ1v) is 12.1. The summed E-state index contributed by atoms with van der Waals surface area (Å²) in [6.45, 7) is 4.52. The van der Waals surface area contributed by atoms with E-state index in [-0.39, 0.29) is 4.90 Å². The van der Waals surface area contributed by atoms with Crippen LogP contribution in [-0.4, -0.2) is 48.2 Å². The van der Waals surface area contributed by atoms with Crippen LogP contribution < -0.4 is 4.90 Å². The van der Waals surface area contributed by atoms with E-state index in [4.69, 9.17) is 4.74 Å². The van der Waals surface area contributed by atoms with Crippen LogP contribution in [0.2, 0.25) is 0 Å². The van der Waals surface area contributed by atoms with Crippen LogP contribution >= 0.6 is 0 Å². The average molecular weight is 462 g/mol. The third-order valence-corrected chi connectivity index (χ3v) is 7.66. The van der Waals surface area contributed by atoms with Gasteiger partial charge in [0.15, 0.2) is 5.65 Å². The number of nitrogens with zero attached hydrogens (tertiary/aromatic N) is 5. The second-order valence-corrected chi connectivity index (χ2v) is 9.94. The number of benzene rings is 1. The second-order valence-electron chi connectivity index (χ2n) is 8.12.